The van der Waals surface area contributed by atoms with E-state index in [1.807, 2.05) is 0 Å². The molecular weight excluding hydrogens is 264 g/mol. The lowest BCUT2D eigenvalue weighted by molar-refractivity contribution is -0.134. The molecule has 5 nitrogen and oxygen atoms in total. The van der Waals surface area contributed by atoms with Crippen molar-refractivity contribution in [2.24, 2.45) is 0 Å². The first-order valence-electron chi connectivity index (χ1n) is 4.95. The molecule has 0 saturated carbocycles. The topological polar surface area (TPSA) is 75.3 Å². The number of nitrogens with one attached hydrogen (secondary N) is 2. The highest BCUT2D eigenvalue weighted by atomic mass is 35.5. The van der Waals surface area contributed by atoms with Gasteiger partial charge in [-0.1, -0.05) is 11.6 Å². The van der Waals surface area contributed by atoms with Gasteiger partial charge in [0.15, 0.2) is 0 Å². The minimum atomic E-state index is -0.668. The van der Waals surface area contributed by atoms with Crippen LogP contribution in [0.15, 0.2) is 11.4 Å². The van der Waals surface area contributed by atoms with Gasteiger partial charge in [-0.2, -0.15) is 0 Å². The van der Waals surface area contributed by atoms with E-state index in [0.717, 1.165) is 0 Å². The molecule has 1 aliphatic rings. The van der Waals surface area contributed by atoms with Crippen LogP contribution < -0.4 is 10.6 Å². The van der Waals surface area contributed by atoms with E-state index in [9.17, 15) is 14.4 Å². The molecule has 1 saturated heterocycles. The first-order valence-corrected chi connectivity index (χ1v) is 6.21. The van der Waals surface area contributed by atoms with E-state index in [1.54, 1.807) is 11.4 Å². The third kappa shape index (κ3) is 2.65. The maximum absolute atomic E-state index is 11.8. The van der Waals surface area contributed by atoms with E-state index in [0.29, 0.717) is 16.3 Å². The highest BCUT2D eigenvalue weighted by Crippen LogP contribution is 2.22. The van der Waals surface area contributed by atoms with Crippen molar-refractivity contribution < 1.29 is 14.4 Å². The van der Waals surface area contributed by atoms with Gasteiger partial charge in [0.2, 0.25) is 11.8 Å². The van der Waals surface area contributed by atoms with Crippen LogP contribution in [-0.2, 0) is 9.59 Å². The third-order valence-electron chi connectivity index (χ3n) is 2.37. The number of piperidine rings is 1. The smallest absolute Gasteiger partial charge is 0.263 e. The van der Waals surface area contributed by atoms with E-state index in [1.165, 1.54) is 11.3 Å². The van der Waals surface area contributed by atoms with E-state index < -0.39 is 11.9 Å². The van der Waals surface area contributed by atoms with Crippen LogP contribution in [0, 0.1) is 0 Å². The van der Waals surface area contributed by atoms with Crippen molar-refractivity contribution in [3.8, 4) is 0 Å². The van der Waals surface area contributed by atoms with Gasteiger partial charge in [0.25, 0.3) is 5.91 Å². The van der Waals surface area contributed by atoms with E-state index in [4.69, 9.17) is 11.6 Å². The van der Waals surface area contributed by atoms with Crippen molar-refractivity contribution in [3.63, 3.8) is 0 Å². The van der Waals surface area contributed by atoms with E-state index in [2.05, 4.69) is 10.6 Å². The lowest BCUT2D eigenvalue weighted by atomic mass is 10.1. The summed E-state index contributed by atoms with van der Waals surface area (Å²) in [7, 11) is 0. The number of imide groups is 1. The summed E-state index contributed by atoms with van der Waals surface area (Å²) in [5, 5.41) is 6.78. The molecule has 3 amide bonds. The molecule has 0 spiro atoms. The third-order valence-corrected chi connectivity index (χ3v) is 3.71. The summed E-state index contributed by atoms with van der Waals surface area (Å²) >= 11 is 7.01. The van der Waals surface area contributed by atoms with Gasteiger partial charge in [0, 0.05) is 6.42 Å². The van der Waals surface area contributed by atoms with Crippen LogP contribution in [0.2, 0.25) is 5.02 Å². The van der Waals surface area contributed by atoms with Crippen molar-refractivity contribution >= 4 is 40.7 Å². The van der Waals surface area contributed by atoms with Crippen LogP contribution in [0.5, 0.6) is 0 Å². The molecule has 17 heavy (non-hydrogen) atoms. The number of carbonyl (C=O) groups excluding carboxylic acids is 3. The van der Waals surface area contributed by atoms with Gasteiger partial charge in [-0.15, -0.1) is 11.3 Å². The Morgan fingerprint density at radius 3 is 2.88 bits per heavy atom. The summed E-state index contributed by atoms with van der Waals surface area (Å²) in [6.45, 7) is 0. The zero-order valence-electron chi connectivity index (χ0n) is 8.66. The summed E-state index contributed by atoms with van der Waals surface area (Å²) in [5.41, 5.74) is 0. The average molecular weight is 273 g/mol. The summed E-state index contributed by atoms with van der Waals surface area (Å²) < 4.78 is 0. The number of thiophene rings is 1. The van der Waals surface area contributed by atoms with Crippen molar-refractivity contribution in [1.82, 2.24) is 10.6 Å². The van der Waals surface area contributed by atoms with Crippen LogP contribution in [0.3, 0.4) is 0 Å². The van der Waals surface area contributed by atoms with Crippen LogP contribution in [0.4, 0.5) is 0 Å². The molecule has 1 aliphatic heterocycles. The molecule has 1 unspecified atom stereocenters. The lowest BCUT2D eigenvalue weighted by Gasteiger charge is -2.21. The minimum Gasteiger partial charge on any atom is -0.339 e. The minimum absolute atomic E-state index is 0.231. The molecule has 1 aromatic rings. The molecule has 90 valence electrons. The van der Waals surface area contributed by atoms with Crippen molar-refractivity contribution in [3.05, 3.63) is 21.3 Å². The van der Waals surface area contributed by atoms with Crippen LogP contribution in [0.25, 0.3) is 0 Å². The Morgan fingerprint density at radius 1 is 1.53 bits per heavy atom. The molecule has 1 atom stereocenters. The highest BCUT2D eigenvalue weighted by Gasteiger charge is 2.28. The fourth-order valence-electron chi connectivity index (χ4n) is 1.51. The Kier molecular flexibility index (Phi) is 3.44. The summed E-state index contributed by atoms with van der Waals surface area (Å²) in [6.07, 6.45) is 0.550. The molecule has 2 N–H and O–H groups in total. The van der Waals surface area contributed by atoms with Gasteiger partial charge in [0.05, 0.1) is 5.02 Å². The predicted molar refractivity (Wildman–Crippen MR) is 63.0 cm³/mol. The van der Waals surface area contributed by atoms with Gasteiger partial charge in [-0.25, -0.2) is 0 Å². The van der Waals surface area contributed by atoms with Crippen molar-refractivity contribution in [1.29, 1.82) is 0 Å². The average Bonchev–Trinajstić information content (AvgIpc) is 2.68. The van der Waals surface area contributed by atoms with Crippen molar-refractivity contribution in [2.75, 3.05) is 0 Å². The Morgan fingerprint density at radius 2 is 2.29 bits per heavy atom. The Labute approximate surface area is 106 Å². The van der Waals surface area contributed by atoms with E-state index in [-0.39, 0.29) is 18.2 Å². The highest BCUT2D eigenvalue weighted by molar-refractivity contribution is 7.12. The fraction of sp³-hybridized carbons (Fsp3) is 0.300. The number of halogens is 1. The Bertz CT molecular complexity index is 486. The molecule has 7 heteroatoms. The number of hydrogen-bond acceptors (Lipinski definition) is 4. The fourth-order valence-corrected chi connectivity index (χ4v) is 2.55. The first kappa shape index (κ1) is 12.1. The van der Waals surface area contributed by atoms with E-state index >= 15 is 0 Å². The van der Waals surface area contributed by atoms with Crippen molar-refractivity contribution in [2.45, 2.75) is 18.9 Å². The van der Waals surface area contributed by atoms with Gasteiger partial charge in [-0.3, -0.25) is 19.7 Å². The molecule has 2 heterocycles. The number of rotatable bonds is 2. The molecule has 1 aromatic heterocycles. The standard InChI is InChI=1S/C10H9ClN2O3S/c11-5-3-4-17-8(5)10(16)12-6-1-2-7(14)13-9(6)15/h3-4,6H,1-2H2,(H,12,16)(H,13,14,15). The van der Waals surface area contributed by atoms with Crippen LogP contribution >= 0.6 is 22.9 Å². The molecule has 0 bridgehead atoms. The number of carbonyl (C=O) groups is 3. The second kappa shape index (κ2) is 4.85. The lowest BCUT2D eigenvalue weighted by Crippen LogP contribution is -2.52. The number of hydrogen-bond donors (Lipinski definition) is 2. The SMILES string of the molecule is O=C1CCC(NC(=O)c2sccc2Cl)C(=O)N1. The number of amides is 3. The normalized spacial score (nSPS) is 19.9. The molecular formula is C10H9ClN2O3S. The monoisotopic (exact) mass is 272 g/mol. The zero-order chi connectivity index (χ0) is 12.4. The summed E-state index contributed by atoms with van der Waals surface area (Å²) in [5.74, 6) is -1.17. The first-order chi connectivity index (χ1) is 8.08. The van der Waals surface area contributed by atoms with Gasteiger partial charge >= 0.3 is 0 Å². The molecule has 2 rings (SSSR count). The van der Waals surface area contributed by atoms with Crippen LogP contribution in [-0.4, -0.2) is 23.8 Å². The summed E-state index contributed by atoms with van der Waals surface area (Å²) in [4.78, 5) is 34.5. The molecule has 0 aliphatic carbocycles. The second-order valence-electron chi connectivity index (χ2n) is 3.57. The zero-order valence-corrected chi connectivity index (χ0v) is 10.2. The maximum atomic E-state index is 11.8. The molecule has 0 aromatic carbocycles. The molecule has 0 radical (unpaired) electrons. The Hall–Kier alpha value is -1.40. The second-order valence-corrected chi connectivity index (χ2v) is 4.90. The van der Waals surface area contributed by atoms with Gasteiger partial charge < -0.3 is 5.32 Å². The van der Waals surface area contributed by atoms with Gasteiger partial charge in [-0.05, 0) is 17.9 Å². The quantitative estimate of drug-likeness (QED) is 0.787. The largest absolute Gasteiger partial charge is 0.339 e. The van der Waals surface area contributed by atoms with Crippen LogP contribution in [0.1, 0.15) is 22.5 Å². The predicted octanol–water partition coefficient (Wildman–Crippen LogP) is 0.937. The Balaban J connectivity index is 2.02. The summed E-state index contributed by atoms with van der Waals surface area (Å²) in [6, 6.07) is 0.948. The molecule has 1 fully saturated rings. The van der Waals surface area contributed by atoms with Gasteiger partial charge in [0.1, 0.15) is 10.9 Å². The maximum Gasteiger partial charge on any atom is 0.263 e.